The summed E-state index contributed by atoms with van der Waals surface area (Å²) in [5.74, 6) is 2.96. The molecule has 1 saturated carbocycles. The van der Waals surface area contributed by atoms with Gasteiger partial charge in [0.1, 0.15) is 18.0 Å². The normalized spacial score (nSPS) is 23.7. The Labute approximate surface area is 211 Å². The molecule has 1 N–H and O–H groups in total. The molecule has 2 heterocycles. The second-order valence-corrected chi connectivity index (χ2v) is 10.6. The SMILES string of the molecule is COc1cc([C@@H]2[C@@H](C)[C@H]3[C@@H]2c2c(c4ccccc4[nH]c2=O)OC3(C)C)ccc1OCc1ccccc1. The highest BCUT2D eigenvalue weighted by Crippen LogP contribution is 2.65. The molecule has 2 aliphatic rings. The Hall–Kier alpha value is -3.73. The first kappa shape index (κ1) is 22.7. The summed E-state index contributed by atoms with van der Waals surface area (Å²) in [6.45, 7) is 7.04. The van der Waals surface area contributed by atoms with Crippen LogP contribution in [-0.2, 0) is 6.61 Å². The number of rotatable bonds is 5. The quantitative estimate of drug-likeness (QED) is 0.357. The molecule has 3 aromatic carbocycles. The number of nitrogens with one attached hydrogen (secondary N) is 1. The summed E-state index contributed by atoms with van der Waals surface area (Å²) in [5, 5.41) is 0.958. The van der Waals surface area contributed by atoms with Gasteiger partial charge in [0.15, 0.2) is 11.5 Å². The predicted molar refractivity (Wildman–Crippen MR) is 141 cm³/mol. The summed E-state index contributed by atoms with van der Waals surface area (Å²) < 4.78 is 18.4. The summed E-state index contributed by atoms with van der Waals surface area (Å²) in [4.78, 5) is 16.5. The van der Waals surface area contributed by atoms with Gasteiger partial charge in [0.25, 0.3) is 5.56 Å². The zero-order valence-electron chi connectivity index (χ0n) is 21.1. The lowest BCUT2D eigenvalue weighted by Gasteiger charge is -2.59. The maximum Gasteiger partial charge on any atom is 0.255 e. The number of aromatic nitrogens is 1. The third-order valence-electron chi connectivity index (χ3n) is 8.13. The number of aromatic amines is 1. The van der Waals surface area contributed by atoms with Gasteiger partial charge in [-0.3, -0.25) is 4.79 Å². The average molecular weight is 482 g/mol. The summed E-state index contributed by atoms with van der Waals surface area (Å²) in [5.41, 5.74) is 3.40. The van der Waals surface area contributed by atoms with Crippen LogP contribution in [0.3, 0.4) is 0 Å². The highest BCUT2D eigenvalue weighted by molar-refractivity contribution is 5.86. The van der Waals surface area contributed by atoms with Crippen LogP contribution in [0.5, 0.6) is 17.2 Å². The molecule has 36 heavy (non-hydrogen) atoms. The van der Waals surface area contributed by atoms with Crippen molar-refractivity contribution in [2.24, 2.45) is 11.8 Å². The number of hydrogen-bond donors (Lipinski definition) is 1. The van der Waals surface area contributed by atoms with E-state index in [0.29, 0.717) is 24.0 Å². The Morgan fingerprint density at radius 2 is 1.69 bits per heavy atom. The van der Waals surface area contributed by atoms with E-state index >= 15 is 0 Å². The fourth-order valence-electron chi connectivity index (χ4n) is 6.61. The topological polar surface area (TPSA) is 60.6 Å². The molecular formula is C31H31NO4. The van der Waals surface area contributed by atoms with Crippen LogP contribution in [-0.4, -0.2) is 17.7 Å². The number of H-pyrrole nitrogens is 1. The molecule has 6 rings (SSSR count). The van der Waals surface area contributed by atoms with E-state index in [9.17, 15) is 4.79 Å². The fourth-order valence-corrected chi connectivity index (χ4v) is 6.61. The predicted octanol–water partition coefficient (Wildman–Crippen LogP) is 6.42. The van der Waals surface area contributed by atoms with Crippen LogP contribution in [0.2, 0.25) is 0 Å². The highest BCUT2D eigenvalue weighted by atomic mass is 16.5. The van der Waals surface area contributed by atoms with Crippen LogP contribution in [0.1, 0.15) is 49.3 Å². The zero-order chi connectivity index (χ0) is 25.0. The van der Waals surface area contributed by atoms with Gasteiger partial charge in [-0.05, 0) is 61.1 Å². The summed E-state index contributed by atoms with van der Waals surface area (Å²) >= 11 is 0. The molecule has 0 spiro atoms. The van der Waals surface area contributed by atoms with Crippen LogP contribution in [0.25, 0.3) is 10.9 Å². The molecule has 5 heteroatoms. The van der Waals surface area contributed by atoms with E-state index in [1.807, 2.05) is 60.7 Å². The van der Waals surface area contributed by atoms with Crippen molar-refractivity contribution in [1.82, 2.24) is 4.98 Å². The molecule has 1 aliphatic carbocycles. The molecule has 1 aliphatic heterocycles. The van der Waals surface area contributed by atoms with E-state index < -0.39 is 0 Å². The number of fused-ring (bicyclic) bond motifs is 5. The van der Waals surface area contributed by atoms with Crippen molar-refractivity contribution in [1.29, 1.82) is 0 Å². The first-order chi connectivity index (χ1) is 17.4. The smallest absolute Gasteiger partial charge is 0.255 e. The Morgan fingerprint density at radius 3 is 2.47 bits per heavy atom. The van der Waals surface area contributed by atoms with Crippen LogP contribution in [0.15, 0.2) is 77.6 Å². The van der Waals surface area contributed by atoms with E-state index in [1.54, 1.807) is 7.11 Å². The average Bonchev–Trinajstić information content (AvgIpc) is 2.87. The highest BCUT2D eigenvalue weighted by Gasteiger charge is 2.60. The van der Waals surface area contributed by atoms with Gasteiger partial charge in [0.2, 0.25) is 0 Å². The van der Waals surface area contributed by atoms with Crippen molar-refractivity contribution in [3.05, 3.63) is 99.8 Å². The molecule has 0 radical (unpaired) electrons. The van der Waals surface area contributed by atoms with Crippen molar-refractivity contribution in [2.75, 3.05) is 7.11 Å². The third kappa shape index (κ3) is 3.48. The van der Waals surface area contributed by atoms with E-state index in [4.69, 9.17) is 14.2 Å². The number of para-hydroxylation sites is 1. The van der Waals surface area contributed by atoms with Gasteiger partial charge in [-0.15, -0.1) is 0 Å². The van der Waals surface area contributed by atoms with Crippen molar-refractivity contribution in [3.8, 4) is 17.2 Å². The van der Waals surface area contributed by atoms with Crippen molar-refractivity contribution >= 4 is 10.9 Å². The minimum absolute atomic E-state index is 0.0547. The molecule has 5 nitrogen and oxygen atoms in total. The van der Waals surface area contributed by atoms with E-state index in [2.05, 4.69) is 37.9 Å². The molecular weight excluding hydrogens is 450 g/mol. The Kier molecular flexibility index (Phi) is 5.32. The monoisotopic (exact) mass is 481 g/mol. The van der Waals surface area contributed by atoms with Crippen molar-refractivity contribution < 1.29 is 14.2 Å². The zero-order valence-corrected chi connectivity index (χ0v) is 21.1. The Bertz CT molecular complexity index is 1490. The van der Waals surface area contributed by atoms with Gasteiger partial charge < -0.3 is 19.2 Å². The molecule has 4 aromatic rings. The lowest BCUT2D eigenvalue weighted by atomic mass is 9.48. The van der Waals surface area contributed by atoms with Crippen LogP contribution < -0.4 is 19.8 Å². The van der Waals surface area contributed by atoms with Crippen LogP contribution >= 0.6 is 0 Å². The molecule has 0 unspecified atom stereocenters. The number of hydrogen-bond acceptors (Lipinski definition) is 4. The molecule has 4 atom stereocenters. The number of benzene rings is 3. The molecule has 184 valence electrons. The Balaban J connectivity index is 1.39. The summed E-state index contributed by atoms with van der Waals surface area (Å²) in [6, 6.07) is 24.2. The van der Waals surface area contributed by atoms with Crippen LogP contribution in [0.4, 0.5) is 0 Å². The van der Waals surface area contributed by atoms with E-state index in [0.717, 1.165) is 33.3 Å². The lowest BCUT2D eigenvalue weighted by Crippen LogP contribution is -2.58. The number of methoxy groups -OCH3 is 1. The maximum atomic E-state index is 13.4. The second-order valence-electron chi connectivity index (χ2n) is 10.6. The first-order valence-electron chi connectivity index (χ1n) is 12.6. The number of ether oxygens (including phenoxy) is 3. The van der Waals surface area contributed by atoms with E-state index in [-0.39, 0.29) is 28.9 Å². The van der Waals surface area contributed by atoms with Gasteiger partial charge >= 0.3 is 0 Å². The molecule has 1 aromatic heterocycles. The molecule has 1 fully saturated rings. The van der Waals surface area contributed by atoms with Crippen LogP contribution in [0, 0.1) is 11.8 Å². The lowest BCUT2D eigenvalue weighted by molar-refractivity contribution is -0.0825. The van der Waals surface area contributed by atoms with Gasteiger partial charge in [0, 0.05) is 17.2 Å². The van der Waals surface area contributed by atoms with Gasteiger partial charge in [-0.1, -0.05) is 55.5 Å². The molecule has 0 saturated heterocycles. The molecule has 0 bridgehead atoms. The molecule has 0 amide bonds. The maximum absolute atomic E-state index is 13.4. The van der Waals surface area contributed by atoms with Gasteiger partial charge in [-0.2, -0.15) is 0 Å². The first-order valence-corrected chi connectivity index (χ1v) is 12.6. The third-order valence-corrected chi connectivity index (χ3v) is 8.13. The van der Waals surface area contributed by atoms with Crippen molar-refractivity contribution in [2.45, 2.75) is 44.8 Å². The fraction of sp³-hybridized carbons (Fsp3) is 0.323. The second kappa shape index (κ2) is 8.44. The Morgan fingerprint density at radius 1 is 0.944 bits per heavy atom. The summed E-state index contributed by atoms with van der Waals surface area (Å²) in [7, 11) is 1.67. The standard InChI is InChI=1S/C31H31NO4/c1-18-25(20-14-15-23(24(16-20)34-4)35-17-19-10-6-5-7-11-19)26-27-29(36-31(2,3)28(18)26)21-12-8-9-13-22(21)32-30(27)33/h5-16,18,25-26,28H,17H2,1-4H3,(H,32,33)/t18-,25+,26+,28+/m1/s1. The van der Waals surface area contributed by atoms with Crippen molar-refractivity contribution in [3.63, 3.8) is 0 Å². The number of pyridine rings is 1. The minimum Gasteiger partial charge on any atom is -0.493 e. The summed E-state index contributed by atoms with van der Waals surface area (Å²) in [6.07, 6.45) is 0. The van der Waals surface area contributed by atoms with Gasteiger partial charge in [-0.25, -0.2) is 0 Å². The minimum atomic E-state index is -0.382. The van der Waals surface area contributed by atoms with E-state index in [1.165, 1.54) is 0 Å². The van der Waals surface area contributed by atoms with Gasteiger partial charge in [0.05, 0.1) is 18.2 Å². The largest absolute Gasteiger partial charge is 0.493 e.